The maximum absolute atomic E-state index is 10.3. The molecule has 0 bridgehead atoms. The van der Waals surface area contributed by atoms with Gasteiger partial charge in [-0.05, 0) is 50.6 Å². The molecule has 2 nitrogen and oxygen atoms in total. The predicted octanol–water partition coefficient (Wildman–Crippen LogP) is 4.28. The fraction of sp³-hybridized carbons (Fsp3) is 0.700. The lowest BCUT2D eigenvalue weighted by Crippen LogP contribution is -2.15. The Bertz CT molecular complexity index is 336. The number of nitrogens with zero attached hydrogens (tertiary/aromatic N) is 1. The quantitative estimate of drug-likeness (QED) is 0.859. The molecule has 1 saturated carbocycles. The van der Waals surface area contributed by atoms with Crippen LogP contribution in [0, 0.1) is 5.92 Å². The minimum Gasteiger partial charge on any atom is -0.387 e. The van der Waals surface area contributed by atoms with Crippen LogP contribution >= 0.6 is 43.2 Å². The zero-order chi connectivity index (χ0) is 10.8. The molecule has 0 saturated heterocycles. The van der Waals surface area contributed by atoms with Gasteiger partial charge in [-0.2, -0.15) is 0 Å². The van der Waals surface area contributed by atoms with Gasteiger partial charge >= 0.3 is 0 Å². The second-order valence-corrected chi connectivity index (χ2v) is 7.02. The van der Waals surface area contributed by atoms with Crippen LogP contribution in [0.4, 0.5) is 0 Å². The normalized spacial score (nSPS) is 20.5. The molecule has 1 aromatic rings. The van der Waals surface area contributed by atoms with Crippen LogP contribution < -0.4 is 0 Å². The van der Waals surface area contributed by atoms with E-state index in [0.717, 1.165) is 26.2 Å². The summed E-state index contributed by atoms with van der Waals surface area (Å²) in [6, 6.07) is 0. The Morgan fingerprint density at radius 1 is 1.27 bits per heavy atom. The van der Waals surface area contributed by atoms with Gasteiger partial charge in [-0.3, -0.25) is 0 Å². The van der Waals surface area contributed by atoms with Gasteiger partial charge in [0.25, 0.3) is 0 Å². The number of aromatic nitrogens is 1. The lowest BCUT2D eigenvalue weighted by Gasteiger charge is -2.25. The van der Waals surface area contributed by atoms with E-state index in [1.807, 2.05) is 0 Å². The number of aliphatic hydroxyl groups is 1. The molecule has 2 rings (SSSR count). The molecular formula is C10H13Br2NOS. The van der Waals surface area contributed by atoms with Crippen LogP contribution in [0.15, 0.2) is 8.52 Å². The predicted molar refractivity (Wildman–Crippen MR) is 69.0 cm³/mol. The van der Waals surface area contributed by atoms with Crippen molar-refractivity contribution in [2.75, 3.05) is 0 Å². The Labute approximate surface area is 110 Å². The van der Waals surface area contributed by atoms with Crippen LogP contribution in [0.5, 0.6) is 0 Å². The summed E-state index contributed by atoms with van der Waals surface area (Å²) in [6.07, 6.45) is 5.75. The Morgan fingerprint density at radius 3 is 2.47 bits per heavy atom. The van der Waals surface area contributed by atoms with Crippen molar-refractivity contribution in [3.8, 4) is 0 Å². The van der Waals surface area contributed by atoms with Gasteiger partial charge in [-0.1, -0.05) is 19.3 Å². The summed E-state index contributed by atoms with van der Waals surface area (Å²) in [5, 5.41) is 10.3. The highest BCUT2D eigenvalue weighted by molar-refractivity contribution is 9.11. The van der Waals surface area contributed by atoms with Gasteiger partial charge in [0, 0.05) is 0 Å². The van der Waals surface area contributed by atoms with E-state index in [-0.39, 0.29) is 6.10 Å². The first-order chi connectivity index (χ1) is 7.18. The first kappa shape index (κ1) is 12.0. The molecule has 15 heavy (non-hydrogen) atoms. The summed E-state index contributed by atoms with van der Waals surface area (Å²) >= 11 is 8.26. The molecular weight excluding hydrogens is 342 g/mol. The molecule has 1 heterocycles. The first-order valence-corrected chi connectivity index (χ1v) is 7.58. The second kappa shape index (κ2) is 5.25. The average molecular weight is 355 g/mol. The zero-order valence-corrected chi connectivity index (χ0v) is 12.2. The Balaban J connectivity index is 2.12. The van der Waals surface area contributed by atoms with Crippen molar-refractivity contribution in [3.05, 3.63) is 13.4 Å². The average Bonchev–Trinajstić information content (AvgIpc) is 2.58. The molecule has 0 amide bonds. The van der Waals surface area contributed by atoms with Crippen LogP contribution in [0.3, 0.4) is 0 Å². The third kappa shape index (κ3) is 2.81. The fourth-order valence-corrected chi connectivity index (χ4v) is 4.61. The van der Waals surface area contributed by atoms with Gasteiger partial charge in [0.05, 0.1) is 11.0 Å². The molecule has 1 atom stereocenters. The highest BCUT2D eigenvalue weighted by Crippen LogP contribution is 2.40. The maximum Gasteiger partial charge on any atom is 0.160 e. The molecule has 1 fully saturated rings. The lowest BCUT2D eigenvalue weighted by molar-refractivity contribution is 0.0871. The SMILES string of the molecule is OC(c1sc(Br)nc1Br)C1CCCCC1. The summed E-state index contributed by atoms with van der Waals surface area (Å²) in [7, 11) is 0. The maximum atomic E-state index is 10.3. The van der Waals surface area contributed by atoms with Crippen LogP contribution in [0.1, 0.15) is 43.1 Å². The van der Waals surface area contributed by atoms with E-state index < -0.39 is 0 Å². The molecule has 0 aliphatic heterocycles. The number of rotatable bonds is 2. The summed E-state index contributed by atoms with van der Waals surface area (Å²) in [6.45, 7) is 0. The first-order valence-electron chi connectivity index (χ1n) is 5.18. The highest BCUT2D eigenvalue weighted by Gasteiger charge is 2.26. The molecule has 1 aliphatic rings. The monoisotopic (exact) mass is 353 g/mol. The largest absolute Gasteiger partial charge is 0.387 e. The second-order valence-electron chi connectivity index (χ2n) is 3.96. The summed E-state index contributed by atoms with van der Waals surface area (Å²) in [5.74, 6) is 0.419. The van der Waals surface area contributed by atoms with Crippen molar-refractivity contribution in [2.24, 2.45) is 5.92 Å². The van der Waals surface area contributed by atoms with E-state index in [9.17, 15) is 5.11 Å². The van der Waals surface area contributed by atoms with E-state index in [1.165, 1.54) is 30.6 Å². The third-order valence-corrected chi connectivity index (χ3v) is 5.39. The van der Waals surface area contributed by atoms with Crippen LogP contribution in [-0.2, 0) is 0 Å². The third-order valence-electron chi connectivity index (χ3n) is 2.95. The summed E-state index contributed by atoms with van der Waals surface area (Å²) in [4.78, 5) is 5.19. The molecule has 1 unspecified atom stereocenters. The van der Waals surface area contributed by atoms with Gasteiger partial charge < -0.3 is 5.11 Å². The van der Waals surface area contributed by atoms with Crippen LogP contribution in [0.2, 0.25) is 0 Å². The Morgan fingerprint density at radius 2 is 1.93 bits per heavy atom. The van der Waals surface area contributed by atoms with Crippen molar-refractivity contribution in [2.45, 2.75) is 38.2 Å². The molecule has 0 spiro atoms. The van der Waals surface area contributed by atoms with E-state index in [0.29, 0.717) is 5.92 Å². The van der Waals surface area contributed by atoms with E-state index in [2.05, 4.69) is 36.8 Å². The van der Waals surface area contributed by atoms with Gasteiger partial charge in [-0.15, -0.1) is 11.3 Å². The standard InChI is InChI=1S/C10H13Br2NOS/c11-9-8(15-10(12)13-9)7(14)6-4-2-1-3-5-6/h6-7,14H,1-5H2. The van der Waals surface area contributed by atoms with E-state index in [1.54, 1.807) is 0 Å². The fourth-order valence-electron chi connectivity index (χ4n) is 2.13. The molecule has 1 aromatic heterocycles. The molecule has 0 aromatic carbocycles. The van der Waals surface area contributed by atoms with Gasteiger partial charge in [0.15, 0.2) is 3.92 Å². The number of hydrogen-bond donors (Lipinski definition) is 1. The highest BCUT2D eigenvalue weighted by atomic mass is 79.9. The summed E-state index contributed by atoms with van der Waals surface area (Å²) < 4.78 is 1.62. The number of thiazole rings is 1. The summed E-state index contributed by atoms with van der Waals surface area (Å²) in [5.41, 5.74) is 0. The van der Waals surface area contributed by atoms with Crippen molar-refractivity contribution < 1.29 is 5.11 Å². The number of aliphatic hydroxyl groups excluding tert-OH is 1. The molecule has 1 aliphatic carbocycles. The van der Waals surface area contributed by atoms with Gasteiger partial charge in [0.2, 0.25) is 0 Å². The van der Waals surface area contributed by atoms with Crippen molar-refractivity contribution in [1.29, 1.82) is 0 Å². The minimum absolute atomic E-state index is 0.344. The number of hydrogen-bond acceptors (Lipinski definition) is 3. The van der Waals surface area contributed by atoms with Crippen molar-refractivity contribution >= 4 is 43.2 Å². The van der Waals surface area contributed by atoms with Crippen molar-refractivity contribution in [3.63, 3.8) is 0 Å². The molecule has 1 N–H and O–H groups in total. The van der Waals surface area contributed by atoms with Crippen LogP contribution in [-0.4, -0.2) is 10.1 Å². The topological polar surface area (TPSA) is 33.1 Å². The molecule has 84 valence electrons. The van der Waals surface area contributed by atoms with E-state index >= 15 is 0 Å². The smallest absolute Gasteiger partial charge is 0.160 e. The minimum atomic E-state index is -0.344. The van der Waals surface area contributed by atoms with Crippen LogP contribution in [0.25, 0.3) is 0 Å². The lowest BCUT2D eigenvalue weighted by atomic mass is 9.85. The van der Waals surface area contributed by atoms with Gasteiger partial charge in [0.1, 0.15) is 4.60 Å². The molecule has 0 radical (unpaired) electrons. The Hall–Kier alpha value is 0.550. The van der Waals surface area contributed by atoms with E-state index in [4.69, 9.17) is 0 Å². The van der Waals surface area contributed by atoms with Crippen molar-refractivity contribution in [1.82, 2.24) is 4.98 Å². The van der Waals surface area contributed by atoms with Gasteiger partial charge in [-0.25, -0.2) is 4.98 Å². The number of halogens is 2. The molecule has 5 heteroatoms. The zero-order valence-electron chi connectivity index (χ0n) is 8.25. The Kier molecular flexibility index (Phi) is 4.21.